The number of halogens is 7. The van der Waals surface area contributed by atoms with Gasteiger partial charge < -0.3 is 13.9 Å². The van der Waals surface area contributed by atoms with Gasteiger partial charge in [-0.3, -0.25) is 0 Å². The van der Waals surface area contributed by atoms with Gasteiger partial charge in [-0.05, 0) is 47.5 Å². The van der Waals surface area contributed by atoms with Crippen molar-refractivity contribution in [3.05, 3.63) is 71.2 Å². The van der Waals surface area contributed by atoms with Crippen molar-refractivity contribution in [1.82, 2.24) is 0 Å². The predicted molar refractivity (Wildman–Crippen MR) is 97.9 cm³/mol. The third kappa shape index (κ3) is 4.91. The summed E-state index contributed by atoms with van der Waals surface area (Å²) in [5.41, 5.74) is 1.70. The van der Waals surface area contributed by atoms with Crippen LogP contribution in [0.25, 0.3) is 21.9 Å². The van der Waals surface area contributed by atoms with Crippen LogP contribution in [0.1, 0.15) is 22.6 Å². The first-order valence-electron chi connectivity index (χ1n) is 8.37. The molecule has 2 aromatic heterocycles. The van der Waals surface area contributed by atoms with Crippen LogP contribution < -0.4 is 0 Å². The van der Waals surface area contributed by atoms with Crippen molar-refractivity contribution in [1.29, 1.82) is 0 Å². The molecule has 0 unspecified atom stereocenters. The van der Waals surface area contributed by atoms with Crippen molar-refractivity contribution >= 4 is 33.5 Å². The molecule has 0 aliphatic rings. The Bertz CT molecular complexity index is 1060. The molecule has 4 aromatic rings. The number of furan rings is 2. The van der Waals surface area contributed by atoms with Crippen LogP contribution >= 0.6 is 11.6 Å². The second-order valence-corrected chi connectivity index (χ2v) is 6.52. The molecule has 0 saturated heterocycles. The van der Waals surface area contributed by atoms with Gasteiger partial charge in [-0.2, -0.15) is 26.3 Å². The second kappa shape index (κ2) is 8.23. The lowest BCUT2D eigenvalue weighted by atomic mass is 10.2. The van der Waals surface area contributed by atoms with Crippen molar-refractivity contribution in [2.75, 3.05) is 0 Å². The zero-order valence-corrected chi connectivity index (χ0v) is 15.7. The fraction of sp³-hybridized carbons (Fsp3) is 0.200. The van der Waals surface area contributed by atoms with E-state index >= 15 is 0 Å². The van der Waals surface area contributed by atoms with E-state index in [-0.39, 0.29) is 23.7 Å². The fourth-order valence-corrected chi connectivity index (χ4v) is 2.81. The summed E-state index contributed by atoms with van der Waals surface area (Å²) < 4.78 is 83.0. The van der Waals surface area contributed by atoms with E-state index in [1.54, 1.807) is 12.1 Å². The van der Waals surface area contributed by atoms with Crippen LogP contribution in [-0.4, -0.2) is 5.11 Å². The van der Waals surface area contributed by atoms with Crippen LogP contribution in [0.3, 0.4) is 0 Å². The summed E-state index contributed by atoms with van der Waals surface area (Å²) in [7, 11) is 0. The second-order valence-electron chi connectivity index (χ2n) is 6.25. The average Bonchev–Trinajstić information content (AvgIpc) is 3.30. The Labute approximate surface area is 170 Å². The Hall–Kier alpha value is -2.65. The molecule has 1 N–H and O–H groups in total. The number of benzene rings is 2. The molecule has 0 fully saturated rings. The molecule has 2 heterocycles. The number of aliphatic hydroxyl groups is 1. The summed E-state index contributed by atoms with van der Waals surface area (Å²) in [4.78, 5) is 0. The van der Waals surface area contributed by atoms with Gasteiger partial charge in [0.15, 0.2) is 0 Å². The van der Waals surface area contributed by atoms with E-state index in [1.807, 2.05) is 0 Å². The average molecular weight is 451 g/mol. The van der Waals surface area contributed by atoms with E-state index in [2.05, 4.69) is 8.83 Å². The predicted octanol–water partition coefficient (Wildman–Crippen LogP) is 7.13. The maximum atomic E-state index is 12.3. The highest BCUT2D eigenvalue weighted by atomic mass is 35.5. The van der Waals surface area contributed by atoms with Gasteiger partial charge >= 0.3 is 12.4 Å². The van der Waals surface area contributed by atoms with Gasteiger partial charge in [-0.1, -0.05) is 12.1 Å². The molecule has 160 valence electrons. The Balaban J connectivity index is 0.000000171. The summed E-state index contributed by atoms with van der Waals surface area (Å²) in [6, 6.07) is 11.0. The van der Waals surface area contributed by atoms with Gasteiger partial charge in [0, 0.05) is 16.7 Å². The molecule has 0 atom stereocenters. The van der Waals surface area contributed by atoms with Crippen LogP contribution in [0.4, 0.5) is 26.3 Å². The first kappa shape index (κ1) is 22.0. The van der Waals surface area contributed by atoms with Gasteiger partial charge in [0.1, 0.15) is 11.2 Å². The van der Waals surface area contributed by atoms with Crippen LogP contribution in [0.15, 0.2) is 57.4 Å². The van der Waals surface area contributed by atoms with Gasteiger partial charge in [-0.25, -0.2) is 0 Å². The molecule has 0 aliphatic heterocycles. The summed E-state index contributed by atoms with van der Waals surface area (Å²) in [6.45, 7) is -0.206. The van der Waals surface area contributed by atoms with E-state index in [1.165, 1.54) is 24.3 Å². The maximum absolute atomic E-state index is 12.3. The number of rotatable bonds is 2. The van der Waals surface area contributed by atoms with Gasteiger partial charge in [0.05, 0.1) is 6.61 Å². The zero-order chi connectivity index (χ0) is 22.1. The molecule has 0 saturated carbocycles. The highest BCUT2D eigenvalue weighted by Gasteiger charge is 2.35. The zero-order valence-electron chi connectivity index (χ0n) is 14.9. The van der Waals surface area contributed by atoms with Crippen molar-refractivity contribution in [2.24, 2.45) is 0 Å². The molecule has 30 heavy (non-hydrogen) atoms. The lowest BCUT2D eigenvalue weighted by Crippen LogP contribution is -2.01. The quantitative estimate of drug-likeness (QED) is 0.261. The standard InChI is InChI=1S/C10H6ClF3O.C10H7F3O2/c11-5-6-1-2-8-7(3-6)4-9(15-8)10(12,13)14;11-10(12,13)9-4-7-3-6(5-14)1-2-8(7)15-9/h1-4H,5H2;1-4,14H,5H2. The van der Waals surface area contributed by atoms with Crippen LogP contribution in [0, 0.1) is 0 Å². The molecular formula is C20H13ClF6O3. The molecule has 4 rings (SSSR count). The topological polar surface area (TPSA) is 46.5 Å². The van der Waals surface area contributed by atoms with Crippen molar-refractivity contribution < 1.29 is 40.3 Å². The molecule has 2 aromatic carbocycles. The SMILES string of the molecule is FC(F)(F)c1cc2cc(CCl)ccc2o1.OCc1ccc2oc(C(F)(F)F)cc2c1. The van der Waals surface area contributed by atoms with Crippen LogP contribution in [0.2, 0.25) is 0 Å². The Morgan fingerprint density at radius 2 is 1.13 bits per heavy atom. The Kier molecular flexibility index (Phi) is 6.05. The van der Waals surface area contributed by atoms with E-state index in [0.717, 1.165) is 17.7 Å². The molecule has 0 radical (unpaired) electrons. The molecular weight excluding hydrogens is 438 g/mol. The lowest BCUT2D eigenvalue weighted by Gasteiger charge is -1.98. The molecule has 0 bridgehead atoms. The largest absolute Gasteiger partial charge is 0.452 e. The summed E-state index contributed by atoms with van der Waals surface area (Å²) in [5.74, 6) is -1.74. The highest BCUT2D eigenvalue weighted by Crippen LogP contribution is 2.35. The first-order valence-corrected chi connectivity index (χ1v) is 8.91. The third-order valence-corrected chi connectivity index (χ3v) is 4.37. The molecule has 10 heteroatoms. The van der Waals surface area contributed by atoms with Crippen molar-refractivity contribution in [3.8, 4) is 0 Å². The monoisotopic (exact) mass is 450 g/mol. The minimum atomic E-state index is -4.47. The summed E-state index contributed by atoms with van der Waals surface area (Å²) >= 11 is 5.57. The number of hydrogen-bond donors (Lipinski definition) is 1. The van der Waals surface area contributed by atoms with Gasteiger partial charge in [-0.15, -0.1) is 11.6 Å². The van der Waals surface area contributed by atoms with E-state index in [4.69, 9.17) is 16.7 Å². The normalized spacial score (nSPS) is 12.3. The number of aliphatic hydroxyl groups excluding tert-OH is 1. The van der Waals surface area contributed by atoms with E-state index in [9.17, 15) is 26.3 Å². The molecule has 0 spiro atoms. The van der Waals surface area contributed by atoms with Crippen LogP contribution in [-0.2, 0) is 24.8 Å². The molecule has 3 nitrogen and oxygen atoms in total. The maximum Gasteiger partial charge on any atom is 0.449 e. The van der Waals surface area contributed by atoms with E-state index < -0.39 is 23.9 Å². The Morgan fingerprint density at radius 3 is 1.53 bits per heavy atom. The fourth-order valence-electron chi connectivity index (χ4n) is 2.65. The number of hydrogen-bond acceptors (Lipinski definition) is 3. The van der Waals surface area contributed by atoms with Crippen LogP contribution in [0.5, 0.6) is 0 Å². The highest BCUT2D eigenvalue weighted by molar-refractivity contribution is 6.17. The lowest BCUT2D eigenvalue weighted by molar-refractivity contribution is -0.152. The Morgan fingerprint density at radius 1 is 0.700 bits per heavy atom. The third-order valence-electron chi connectivity index (χ3n) is 4.06. The van der Waals surface area contributed by atoms with Gasteiger partial charge in [0.25, 0.3) is 0 Å². The number of fused-ring (bicyclic) bond motifs is 2. The van der Waals surface area contributed by atoms with Crippen molar-refractivity contribution in [2.45, 2.75) is 24.8 Å². The summed E-state index contributed by atoms with van der Waals surface area (Å²) in [6.07, 6.45) is -8.92. The van der Waals surface area contributed by atoms with E-state index in [0.29, 0.717) is 16.3 Å². The first-order chi connectivity index (χ1) is 14.0. The minimum absolute atomic E-state index is 0.166. The van der Waals surface area contributed by atoms with Crippen molar-refractivity contribution in [3.63, 3.8) is 0 Å². The minimum Gasteiger partial charge on any atom is -0.452 e. The van der Waals surface area contributed by atoms with Gasteiger partial charge in [0.2, 0.25) is 11.5 Å². The molecule has 0 aliphatic carbocycles. The smallest absolute Gasteiger partial charge is 0.449 e. The molecule has 0 amide bonds. The summed E-state index contributed by atoms with van der Waals surface area (Å²) in [5, 5.41) is 9.57. The number of alkyl halides is 7.